The number of hydrogen-bond acceptors (Lipinski definition) is 5. The van der Waals surface area contributed by atoms with Gasteiger partial charge in [0.05, 0.1) is 0 Å². The molecule has 0 amide bonds. The van der Waals surface area contributed by atoms with Gasteiger partial charge in [-0.2, -0.15) is 0 Å². The molecule has 0 fully saturated rings. The number of nitrogens with zero attached hydrogens (tertiary/aromatic N) is 1. The van der Waals surface area contributed by atoms with Crippen LogP contribution < -0.4 is 10.5 Å². The Labute approximate surface area is 126 Å². The number of nitrogens with one attached hydrogen (secondary N) is 1. The first kappa shape index (κ1) is 17.6. The zero-order chi connectivity index (χ0) is 15.3. The van der Waals surface area contributed by atoms with Gasteiger partial charge in [0.2, 0.25) is 10.0 Å². The summed E-state index contributed by atoms with van der Waals surface area (Å²) in [6.07, 6.45) is 0.787. The minimum atomic E-state index is -3.45. The Kier molecular flexibility index (Phi) is 6.60. The molecule has 0 saturated heterocycles. The second-order valence-corrected chi connectivity index (χ2v) is 7.87. The molecule has 1 rings (SSSR count). The summed E-state index contributed by atoms with van der Waals surface area (Å²) in [7, 11) is -1.41. The van der Waals surface area contributed by atoms with Crippen LogP contribution in [0.3, 0.4) is 0 Å². The van der Waals surface area contributed by atoms with Crippen molar-refractivity contribution in [2.45, 2.75) is 44.7 Å². The van der Waals surface area contributed by atoms with Crippen molar-refractivity contribution in [3.63, 3.8) is 0 Å². The normalized spacial score (nSPS) is 12.6. The number of rotatable bonds is 8. The quantitative estimate of drug-likeness (QED) is 0.713. The minimum absolute atomic E-state index is 0.255. The summed E-state index contributed by atoms with van der Waals surface area (Å²) in [5.41, 5.74) is 6.37. The van der Waals surface area contributed by atoms with Crippen molar-refractivity contribution in [1.29, 1.82) is 0 Å². The Bertz CT molecular complexity index is 524. The van der Waals surface area contributed by atoms with Crippen LogP contribution in [0.1, 0.15) is 30.7 Å². The van der Waals surface area contributed by atoms with Crippen molar-refractivity contribution in [2.24, 2.45) is 5.73 Å². The molecule has 0 spiro atoms. The maximum Gasteiger partial charge on any atom is 0.241 e. The van der Waals surface area contributed by atoms with Crippen molar-refractivity contribution >= 4 is 21.4 Å². The molecule has 0 aliphatic rings. The van der Waals surface area contributed by atoms with E-state index in [1.54, 1.807) is 6.92 Å². The molecule has 0 atom stereocenters. The molecule has 3 N–H and O–H groups in total. The first-order valence-electron chi connectivity index (χ1n) is 6.76. The molecule has 0 aliphatic heterocycles. The molecule has 0 bridgehead atoms. The lowest BCUT2D eigenvalue weighted by Crippen LogP contribution is -2.31. The molecule has 0 radical (unpaired) electrons. The van der Waals surface area contributed by atoms with Crippen LogP contribution in [0.4, 0.5) is 0 Å². The van der Waals surface area contributed by atoms with Crippen LogP contribution in [0, 0.1) is 6.92 Å². The molecule has 5 nitrogen and oxygen atoms in total. The third-order valence-electron chi connectivity index (χ3n) is 3.30. The number of sulfonamides is 1. The Morgan fingerprint density at radius 2 is 2.10 bits per heavy atom. The van der Waals surface area contributed by atoms with Crippen molar-refractivity contribution < 1.29 is 8.42 Å². The first-order valence-corrected chi connectivity index (χ1v) is 9.12. The van der Waals surface area contributed by atoms with Gasteiger partial charge in [0.15, 0.2) is 0 Å². The summed E-state index contributed by atoms with van der Waals surface area (Å²) in [6.45, 7) is 7.60. The highest BCUT2D eigenvalue weighted by Gasteiger charge is 2.21. The fraction of sp³-hybridized carbons (Fsp3) is 0.692. The van der Waals surface area contributed by atoms with E-state index in [9.17, 15) is 8.42 Å². The van der Waals surface area contributed by atoms with Crippen LogP contribution >= 0.6 is 11.3 Å². The fourth-order valence-electron chi connectivity index (χ4n) is 1.85. The monoisotopic (exact) mass is 319 g/mol. The van der Waals surface area contributed by atoms with E-state index in [0.717, 1.165) is 18.5 Å². The maximum absolute atomic E-state index is 12.3. The van der Waals surface area contributed by atoms with Gasteiger partial charge in [-0.15, -0.1) is 11.3 Å². The van der Waals surface area contributed by atoms with Gasteiger partial charge in [0.1, 0.15) is 4.90 Å². The molecule has 1 heterocycles. The third-order valence-corrected chi connectivity index (χ3v) is 6.25. The van der Waals surface area contributed by atoms with E-state index in [2.05, 4.69) is 23.5 Å². The highest BCUT2D eigenvalue weighted by molar-refractivity contribution is 7.89. The summed E-state index contributed by atoms with van der Waals surface area (Å²) in [4.78, 5) is 3.27. The van der Waals surface area contributed by atoms with Gasteiger partial charge in [-0.05, 0) is 51.7 Å². The van der Waals surface area contributed by atoms with Crippen LogP contribution in [-0.4, -0.2) is 39.5 Å². The molecule has 0 saturated carbocycles. The number of aryl methyl sites for hydroxylation is 1. The van der Waals surface area contributed by atoms with E-state index >= 15 is 0 Å². The molecule has 7 heteroatoms. The van der Waals surface area contributed by atoms with E-state index < -0.39 is 10.0 Å². The van der Waals surface area contributed by atoms with E-state index in [1.807, 2.05) is 12.4 Å². The van der Waals surface area contributed by atoms with Crippen molar-refractivity contribution in [2.75, 3.05) is 20.1 Å². The highest BCUT2D eigenvalue weighted by atomic mass is 32.2. The first-order chi connectivity index (χ1) is 9.29. The van der Waals surface area contributed by atoms with Crippen LogP contribution in [-0.2, 0) is 16.6 Å². The Balaban J connectivity index is 2.60. The molecular weight excluding hydrogens is 294 g/mol. The molecule has 0 aromatic carbocycles. The summed E-state index contributed by atoms with van der Waals surface area (Å²) >= 11 is 1.40. The Morgan fingerprint density at radius 1 is 1.45 bits per heavy atom. The second-order valence-electron chi connectivity index (χ2n) is 5.20. The zero-order valence-electron chi connectivity index (χ0n) is 12.6. The molecule has 20 heavy (non-hydrogen) atoms. The van der Waals surface area contributed by atoms with Crippen LogP contribution in [0.15, 0.2) is 10.3 Å². The SMILES string of the molecule is Cc1csc(CN)c1S(=O)(=O)NCCCN(C)C(C)C. The molecule has 1 aromatic heterocycles. The van der Waals surface area contributed by atoms with Gasteiger partial charge in [-0.25, -0.2) is 13.1 Å². The lowest BCUT2D eigenvalue weighted by Gasteiger charge is -2.20. The molecular formula is C13H25N3O2S2. The smallest absolute Gasteiger partial charge is 0.241 e. The summed E-state index contributed by atoms with van der Waals surface area (Å²) in [5.74, 6) is 0. The van der Waals surface area contributed by atoms with Gasteiger partial charge in [-0.3, -0.25) is 0 Å². The molecule has 116 valence electrons. The molecule has 1 aromatic rings. The summed E-state index contributed by atoms with van der Waals surface area (Å²) in [6, 6.07) is 0.467. The average molecular weight is 319 g/mol. The predicted octanol–water partition coefficient (Wildman–Crippen LogP) is 1.52. The Morgan fingerprint density at radius 3 is 2.65 bits per heavy atom. The van der Waals surface area contributed by atoms with Gasteiger partial charge < -0.3 is 10.6 Å². The van der Waals surface area contributed by atoms with E-state index in [4.69, 9.17) is 5.73 Å². The van der Waals surface area contributed by atoms with E-state index in [1.165, 1.54) is 11.3 Å². The van der Waals surface area contributed by atoms with Crippen LogP contribution in [0.2, 0.25) is 0 Å². The van der Waals surface area contributed by atoms with Gasteiger partial charge in [-0.1, -0.05) is 0 Å². The number of hydrogen-bond donors (Lipinski definition) is 2. The van der Waals surface area contributed by atoms with Crippen LogP contribution in [0.25, 0.3) is 0 Å². The molecule has 0 unspecified atom stereocenters. The number of nitrogens with two attached hydrogens (primary N) is 1. The second kappa shape index (κ2) is 7.51. The van der Waals surface area contributed by atoms with Crippen molar-refractivity contribution in [3.05, 3.63) is 15.8 Å². The lowest BCUT2D eigenvalue weighted by atomic mass is 10.3. The highest BCUT2D eigenvalue weighted by Crippen LogP contribution is 2.26. The molecule has 0 aliphatic carbocycles. The standard InChI is InChI=1S/C13H25N3O2S2/c1-10(2)16(4)7-5-6-15-20(17,18)13-11(3)9-19-12(13)8-14/h9-10,15H,5-8,14H2,1-4H3. The van der Waals surface area contributed by atoms with Crippen molar-refractivity contribution in [3.8, 4) is 0 Å². The number of thiophene rings is 1. The predicted molar refractivity (Wildman–Crippen MR) is 84.5 cm³/mol. The lowest BCUT2D eigenvalue weighted by molar-refractivity contribution is 0.271. The Hall–Kier alpha value is -0.470. The minimum Gasteiger partial charge on any atom is -0.326 e. The van der Waals surface area contributed by atoms with Crippen LogP contribution in [0.5, 0.6) is 0 Å². The summed E-state index contributed by atoms with van der Waals surface area (Å²) < 4.78 is 27.3. The van der Waals surface area contributed by atoms with Gasteiger partial charge >= 0.3 is 0 Å². The largest absolute Gasteiger partial charge is 0.326 e. The third kappa shape index (κ3) is 4.53. The fourth-order valence-corrected chi connectivity index (χ4v) is 4.63. The van der Waals surface area contributed by atoms with Gasteiger partial charge in [0, 0.05) is 24.0 Å². The van der Waals surface area contributed by atoms with Crippen molar-refractivity contribution in [1.82, 2.24) is 9.62 Å². The van der Waals surface area contributed by atoms with E-state index in [0.29, 0.717) is 22.4 Å². The maximum atomic E-state index is 12.3. The zero-order valence-corrected chi connectivity index (χ0v) is 14.3. The summed E-state index contributed by atoms with van der Waals surface area (Å²) in [5, 5.41) is 1.84. The average Bonchev–Trinajstić information content (AvgIpc) is 2.76. The topological polar surface area (TPSA) is 75.4 Å². The van der Waals surface area contributed by atoms with E-state index in [-0.39, 0.29) is 6.54 Å². The van der Waals surface area contributed by atoms with Gasteiger partial charge in [0.25, 0.3) is 0 Å².